The molecule has 19 heavy (non-hydrogen) atoms. The molecule has 0 aliphatic rings. The van der Waals surface area contributed by atoms with E-state index in [9.17, 15) is 9.59 Å². The van der Waals surface area contributed by atoms with E-state index >= 15 is 0 Å². The molecule has 0 aliphatic carbocycles. The highest BCUT2D eigenvalue weighted by Gasteiger charge is 2.08. The Bertz CT molecular complexity index is 558. The number of hydrogen-bond acceptors (Lipinski definition) is 5. The highest BCUT2D eigenvalue weighted by Crippen LogP contribution is 2.11. The van der Waals surface area contributed by atoms with Gasteiger partial charge in [0.25, 0.3) is 5.91 Å². The lowest BCUT2D eigenvalue weighted by atomic mass is 10.2. The topological polar surface area (TPSA) is 91.2 Å². The first kappa shape index (κ1) is 14.3. The van der Waals surface area contributed by atoms with E-state index < -0.39 is 5.97 Å². The molecule has 0 bridgehead atoms. The van der Waals surface area contributed by atoms with Crippen LogP contribution in [0.4, 0.5) is 5.69 Å². The zero-order valence-electron chi connectivity index (χ0n) is 10.6. The lowest BCUT2D eigenvalue weighted by Gasteiger charge is -2.04. The maximum Gasteiger partial charge on any atom is 0.350 e. The predicted octanol–water partition coefficient (Wildman–Crippen LogP) is 1.04. The van der Waals surface area contributed by atoms with Crippen LogP contribution in [0.2, 0.25) is 0 Å². The molecule has 98 valence electrons. The Labute approximate surface area is 110 Å². The molecule has 0 atom stereocenters. The summed E-state index contributed by atoms with van der Waals surface area (Å²) in [4.78, 5) is 22.6. The molecule has 1 amide bonds. The summed E-state index contributed by atoms with van der Waals surface area (Å²) in [6.07, 6.45) is 1.23. The summed E-state index contributed by atoms with van der Waals surface area (Å²) in [5.41, 5.74) is 0.892. The first-order valence-electron chi connectivity index (χ1n) is 5.39. The third-order valence-electron chi connectivity index (χ3n) is 2.26. The molecule has 6 heteroatoms. The van der Waals surface area contributed by atoms with Crippen LogP contribution in [0.5, 0.6) is 0 Å². The molecule has 0 spiro atoms. The number of nitrogens with one attached hydrogen (secondary N) is 2. The third kappa shape index (κ3) is 3.85. The summed E-state index contributed by atoms with van der Waals surface area (Å²) in [5, 5.41) is 14.0. The van der Waals surface area contributed by atoms with E-state index in [1.807, 2.05) is 0 Å². The Kier molecular flexibility index (Phi) is 5.11. The van der Waals surface area contributed by atoms with Gasteiger partial charge in [0.05, 0.1) is 7.11 Å². The first-order valence-corrected chi connectivity index (χ1v) is 5.39. The van der Waals surface area contributed by atoms with Gasteiger partial charge in [-0.25, -0.2) is 4.79 Å². The number of carbonyl (C=O) groups is 2. The van der Waals surface area contributed by atoms with Gasteiger partial charge in [0.1, 0.15) is 6.07 Å². The van der Waals surface area contributed by atoms with Crippen molar-refractivity contribution in [1.29, 1.82) is 5.26 Å². The molecule has 0 heterocycles. The van der Waals surface area contributed by atoms with Crippen molar-refractivity contribution in [2.24, 2.45) is 0 Å². The van der Waals surface area contributed by atoms with Gasteiger partial charge in [0.15, 0.2) is 5.57 Å². The molecule has 0 aliphatic heterocycles. The molecule has 0 unspecified atom stereocenters. The van der Waals surface area contributed by atoms with Crippen molar-refractivity contribution in [1.82, 2.24) is 5.32 Å². The van der Waals surface area contributed by atoms with Gasteiger partial charge in [0.2, 0.25) is 0 Å². The molecule has 2 N–H and O–H groups in total. The number of methoxy groups -OCH3 is 1. The minimum atomic E-state index is -0.725. The second kappa shape index (κ2) is 6.81. The zero-order valence-corrected chi connectivity index (χ0v) is 10.6. The number of benzene rings is 1. The summed E-state index contributed by atoms with van der Waals surface area (Å²) in [6, 6.07) is 8.36. The van der Waals surface area contributed by atoms with Crippen LogP contribution in [0.1, 0.15) is 10.4 Å². The van der Waals surface area contributed by atoms with Crippen LogP contribution >= 0.6 is 0 Å². The molecule has 0 aromatic heterocycles. The van der Waals surface area contributed by atoms with E-state index in [1.165, 1.54) is 20.4 Å². The maximum atomic E-state index is 11.4. The van der Waals surface area contributed by atoms with Crippen LogP contribution in [0.15, 0.2) is 36.0 Å². The number of esters is 1. The molecule has 6 nitrogen and oxygen atoms in total. The second-order valence-electron chi connectivity index (χ2n) is 3.47. The number of nitriles is 1. The van der Waals surface area contributed by atoms with Crippen LogP contribution < -0.4 is 10.6 Å². The smallest absolute Gasteiger partial charge is 0.350 e. The van der Waals surface area contributed by atoms with Gasteiger partial charge >= 0.3 is 5.97 Å². The van der Waals surface area contributed by atoms with Crippen LogP contribution in [0, 0.1) is 11.3 Å². The van der Waals surface area contributed by atoms with Crippen molar-refractivity contribution < 1.29 is 14.3 Å². The van der Waals surface area contributed by atoms with Crippen LogP contribution in [-0.2, 0) is 9.53 Å². The van der Waals surface area contributed by atoms with E-state index in [2.05, 4.69) is 15.4 Å². The van der Waals surface area contributed by atoms with Gasteiger partial charge in [0, 0.05) is 24.5 Å². The number of hydrogen-bond donors (Lipinski definition) is 2. The fourth-order valence-corrected chi connectivity index (χ4v) is 1.30. The number of carbonyl (C=O) groups excluding carboxylic acids is 2. The maximum absolute atomic E-state index is 11.4. The number of rotatable bonds is 4. The fraction of sp³-hybridized carbons (Fsp3) is 0.154. The van der Waals surface area contributed by atoms with Gasteiger partial charge in [-0.1, -0.05) is 6.07 Å². The molecular formula is C13H13N3O3. The molecular weight excluding hydrogens is 246 g/mol. The Morgan fingerprint density at radius 2 is 2.16 bits per heavy atom. The lowest BCUT2D eigenvalue weighted by Crippen LogP contribution is -2.17. The second-order valence-corrected chi connectivity index (χ2v) is 3.47. The number of nitrogens with zero attached hydrogens (tertiary/aromatic N) is 1. The summed E-state index contributed by atoms with van der Waals surface area (Å²) < 4.78 is 4.44. The molecule has 1 rings (SSSR count). The van der Waals surface area contributed by atoms with Crippen molar-refractivity contribution in [3.8, 4) is 6.07 Å². The number of amides is 1. The largest absolute Gasteiger partial charge is 0.465 e. The summed E-state index contributed by atoms with van der Waals surface area (Å²) in [6.45, 7) is 0. The quantitative estimate of drug-likeness (QED) is 0.479. The zero-order chi connectivity index (χ0) is 14.3. The lowest BCUT2D eigenvalue weighted by molar-refractivity contribution is -0.135. The van der Waals surface area contributed by atoms with E-state index in [-0.39, 0.29) is 11.5 Å². The van der Waals surface area contributed by atoms with Crippen LogP contribution in [-0.4, -0.2) is 26.0 Å². The minimum absolute atomic E-state index is 0.159. The Balaban J connectivity index is 2.89. The SMILES string of the molecule is CNC(=O)c1cccc(N/C=C(/C#N)C(=O)OC)c1. The van der Waals surface area contributed by atoms with Gasteiger partial charge in [-0.05, 0) is 18.2 Å². The molecule has 0 radical (unpaired) electrons. The molecule has 0 saturated carbocycles. The predicted molar refractivity (Wildman–Crippen MR) is 69.2 cm³/mol. The average molecular weight is 259 g/mol. The van der Waals surface area contributed by atoms with Gasteiger partial charge in [-0.2, -0.15) is 5.26 Å². The number of anilines is 1. The van der Waals surface area contributed by atoms with E-state index in [0.29, 0.717) is 11.3 Å². The first-order chi connectivity index (χ1) is 9.12. The average Bonchev–Trinajstić information content (AvgIpc) is 2.46. The monoisotopic (exact) mass is 259 g/mol. The highest BCUT2D eigenvalue weighted by atomic mass is 16.5. The van der Waals surface area contributed by atoms with Crippen molar-refractivity contribution in [2.75, 3.05) is 19.5 Å². The fourth-order valence-electron chi connectivity index (χ4n) is 1.30. The Hall–Kier alpha value is -2.81. The van der Waals surface area contributed by atoms with Crippen LogP contribution in [0.25, 0.3) is 0 Å². The minimum Gasteiger partial charge on any atom is -0.465 e. The standard InChI is InChI=1S/C13H13N3O3/c1-15-12(17)9-4-3-5-11(6-9)16-8-10(7-14)13(18)19-2/h3-6,8,16H,1-2H3,(H,15,17)/b10-8-. The van der Waals surface area contributed by atoms with Gasteiger partial charge in [-0.3, -0.25) is 4.79 Å². The third-order valence-corrected chi connectivity index (χ3v) is 2.26. The van der Waals surface area contributed by atoms with Crippen molar-refractivity contribution in [2.45, 2.75) is 0 Å². The van der Waals surface area contributed by atoms with Gasteiger partial charge < -0.3 is 15.4 Å². The Morgan fingerprint density at radius 1 is 1.42 bits per heavy atom. The summed E-state index contributed by atoms with van der Waals surface area (Å²) >= 11 is 0. The number of ether oxygens (including phenoxy) is 1. The molecule has 1 aromatic carbocycles. The Morgan fingerprint density at radius 3 is 2.74 bits per heavy atom. The summed E-state index contributed by atoms with van der Waals surface area (Å²) in [5.74, 6) is -0.946. The van der Waals surface area contributed by atoms with Crippen LogP contribution in [0.3, 0.4) is 0 Å². The molecule has 0 fully saturated rings. The molecule has 0 saturated heterocycles. The highest BCUT2D eigenvalue weighted by molar-refractivity contribution is 5.95. The normalized spacial score (nSPS) is 10.3. The van der Waals surface area contributed by atoms with Crippen molar-refractivity contribution in [3.63, 3.8) is 0 Å². The van der Waals surface area contributed by atoms with Crippen molar-refractivity contribution >= 4 is 17.6 Å². The van der Waals surface area contributed by atoms with E-state index in [1.54, 1.807) is 30.3 Å². The van der Waals surface area contributed by atoms with E-state index in [4.69, 9.17) is 5.26 Å². The summed E-state index contributed by atoms with van der Waals surface area (Å²) in [7, 11) is 2.73. The van der Waals surface area contributed by atoms with E-state index in [0.717, 1.165) is 0 Å². The van der Waals surface area contributed by atoms with Gasteiger partial charge in [-0.15, -0.1) is 0 Å². The van der Waals surface area contributed by atoms with Crippen molar-refractivity contribution in [3.05, 3.63) is 41.6 Å². The molecule has 1 aromatic rings.